The Bertz CT molecular complexity index is 274. The summed E-state index contributed by atoms with van der Waals surface area (Å²) in [5.74, 6) is -1.91. The van der Waals surface area contributed by atoms with E-state index in [4.69, 9.17) is 9.94 Å². The van der Waals surface area contributed by atoms with E-state index < -0.39 is 17.5 Å². The van der Waals surface area contributed by atoms with Crippen LogP contribution < -0.4 is 0 Å². The summed E-state index contributed by atoms with van der Waals surface area (Å²) in [7, 11) is 0. The van der Waals surface area contributed by atoms with Crippen molar-refractivity contribution >= 4 is 17.5 Å². The first-order chi connectivity index (χ1) is 7.61. The molecule has 0 aromatic heterocycles. The highest BCUT2D eigenvalue weighted by Gasteiger charge is 2.18. The summed E-state index contributed by atoms with van der Waals surface area (Å²) >= 11 is 0. The van der Waals surface area contributed by atoms with Crippen molar-refractivity contribution in [3.63, 3.8) is 0 Å². The van der Waals surface area contributed by atoms with Crippen LogP contribution in [0.4, 0.5) is 0 Å². The van der Waals surface area contributed by atoms with Crippen LogP contribution in [0.5, 0.6) is 0 Å². The molecule has 1 fully saturated rings. The minimum absolute atomic E-state index is 0.0452. The van der Waals surface area contributed by atoms with E-state index in [2.05, 4.69) is 5.16 Å². The van der Waals surface area contributed by atoms with Crippen molar-refractivity contribution in [1.82, 2.24) is 0 Å². The lowest BCUT2D eigenvalue weighted by molar-refractivity contribution is -0.130. The van der Waals surface area contributed by atoms with Gasteiger partial charge in [0.2, 0.25) is 5.71 Å². The minimum atomic E-state index is -1.33. The predicted molar refractivity (Wildman–Crippen MR) is 58.3 cm³/mol. The average Bonchev–Trinajstić information content (AvgIpc) is 2.45. The number of aliphatic carboxylic acids is 1. The maximum absolute atomic E-state index is 10.9. The number of hydrogen-bond acceptors (Lipinski definition) is 4. The molecule has 1 aliphatic rings. The Hall–Kier alpha value is -1.39. The fourth-order valence-electron chi connectivity index (χ4n) is 1.73. The van der Waals surface area contributed by atoms with E-state index in [1.165, 1.54) is 19.8 Å². The Morgan fingerprint density at radius 2 is 1.75 bits per heavy atom. The van der Waals surface area contributed by atoms with Gasteiger partial charge < -0.3 is 9.94 Å². The number of rotatable bonds is 4. The summed E-state index contributed by atoms with van der Waals surface area (Å²) < 4.78 is 0. The fraction of sp³-hybridized carbons (Fsp3) is 0.727. The van der Waals surface area contributed by atoms with E-state index >= 15 is 0 Å². The third-order valence-corrected chi connectivity index (χ3v) is 2.63. The van der Waals surface area contributed by atoms with Gasteiger partial charge in [-0.3, -0.25) is 4.79 Å². The predicted octanol–water partition coefficient (Wildman–Crippen LogP) is 1.76. The molecule has 1 saturated carbocycles. The first-order valence-corrected chi connectivity index (χ1v) is 5.59. The SMILES string of the molecule is CC(=O)/C(=N/OC1CCCCCC1)C(=O)O. The zero-order valence-electron chi connectivity index (χ0n) is 9.44. The maximum atomic E-state index is 10.9. The second-order valence-electron chi connectivity index (χ2n) is 4.02. The molecule has 0 aromatic carbocycles. The molecule has 5 heteroatoms. The van der Waals surface area contributed by atoms with E-state index in [1.54, 1.807) is 0 Å². The van der Waals surface area contributed by atoms with Crippen LogP contribution in [0, 0.1) is 0 Å². The monoisotopic (exact) mass is 227 g/mol. The van der Waals surface area contributed by atoms with Crippen molar-refractivity contribution in [2.45, 2.75) is 51.6 Å². The number of carbonyl (C=O) groups excluding carboxylic acids is 1. The smallest absolute Gasteiger partial charge is 0.361 e. The summed E-state index contributed by atoms with van der Waals surface area (Å²) in [5, 5.41) is 12.2. The summed E-state index contributed by atoms with van der Waals surface area (Å²) in [6.45, 7) is 1.17. The molecule has 0 amide bonds. The van der Waals surface area contributed by atoms with Crippen molar-refractivity contribution in [2.75, 3.05) is 0 Å². The molecule has 0 saturated heterocycles. The number of carboxylic acid groups (broad SMARTS) is 1. The van der Waals surface area contributed by atoms with Gasteiger partial charge in [0.1, 0.15) is 6.10 Å². The Labute approximate surface area is 94.5 Å². The topological polar surface area (TPSA) is 76.0 Å². The third-order valence-electron chi connectivity index (χ3n) is 2.63. The molecule has 0 heterocycles. The van der Waals surface area contributed by atoms with Crippen LogP contribution in [0.15, 0.2) is 5.16 Å². The van der Waals surface area contributed by atoms with Gasteiger partial charge in [0.25, 0.3) is 0 Å². The Balaban J connectivity index is 2.54. The lowest BCUT2D eigenvalue weighted by Crippen LogP contribution is -2.23. The Morgan fingerprint density at radius 3 is 2.19 bits per heavy atom. The standard InChI is InChI=1S/C11H17NO4/c1-8(13)10(11(14)15)12-16-9-6-4-2-3-5-7-9/h9H,2-7H2,1H3,(H,14,15)/b12-10-. The second kappa shape index (κ2) is 6.25. The molecule has 0 bridgehead atoms. The number of oxime groups is 1. The molecule has 1 rings (SSSR count). The molecule has 1 aliphatic carbocycles. The summed E-state index contributed by atoms with van der Waals surface area (Å²) in [5.41, 5.74) is -0.524. The van der Waals surface area contributed by atoms with Crippen LogP contribution in [0.2, 0.25) is 0 Å². The molecular formula is C11H17NO4. The Kier molecular flexibility index (Phi) is 4.95. The number of carboxylic acids is 1. The first-order valence-electron chi connectivity index (χ1n) is 5.59. The van der Waals surface area contributed by atoms with Crippen LogP contribution >= 0.6 is 0 Å². The van der Waals surface area contributed by atoms with Crippen LogP contribution in [0.25, 0.3) is 0 Å². The quantitative estimate of drug-likeness (QED) is 0.343. The zero-order chi connectivity index (χ0) is 12.0. The molecule has 0 spiro atoms. The molecule has 0 atom stereocenters. The molecule has 0 radical (unpaired) electrons. The number of nitrogens with zero attached hydrogens (tertiary/aromatic N) is 1. The van der Waals surface area contributed by atoms with E-state index in [-0.39, 0.29) is 6.10 Å². The molecule has 0 unspecified atom stereocenters. The summed E-state index contributed by atoms with van der Waals surface area (Å²) in [6.07, 6.45) is 6.23. The van der Waals surface area contributed by atoms with Crippen molar-refractivity contribution in [3.05, 3.63) is 0 Å². The van der Waals surface area contributed by atoms with E-state index in [0.29, 0.717) is 0 Å². The minimum Gasteiger partial charge on any atom is -0.476 e. The van der Waals surface area contributed by atoms with Crippen LogP contribution in [0.1, 0.15) is 45.4 Å². The Morgan fingerprint density at radius 1 is 1.19 bits per heavy atom. The van der Waals surface area contributed by atoms with Gasteiger partial charge in [0.15, 0.2) is 5.78 Å². The number of carbonyl (C=O) groups is 2. The summed E-state index contributed by atoms with van der Waals surface area (Å²) in [6, 6.07) is 0. The van der Waals surface area contributed by atoms with Crippen LogP contribution in [0.3, 0.4) is 0 Å². The second-order valence-corrected chi connectivity index (χ2v) is 4.02. The normalized spacial score (nSPS) is 18.9. The zero-order valence-corrected chi connectivity index (χ0v) is 9.44. The van der Waals surface area contributed by atoms with Crippen molar-refractivity contribution in [1.29, 1.82) is 0 Å². The first kappa shape index (κ1) is 12.7. The number of Topliss-reactive ketones (excluding diaryl/α,β-unsaturated/α-hetero) is 1. The van der Waals surface area contributed by atoms with Crippen molar-refractivity contribution < 1.29 is 19.5 Å². The molecule has 90 valence electrons. The van der Waals surface area contributed by atoms with Crippen molar-refractivity contribution in [2.24, 2.45) is 5.16 Å². The number of ketones is 1. The number of hydrogen-bond donors (Lipinski definition) is 1. The van der Waals surface area contributed by atoms with Gasteiger partial charge in [-0.15, -0.1) is 0 Å². The van der Waals surface area contributed by atoms with Gasteiger partial charge in [0.05, 0.1) is 0 Å². The van der Waals surface area contributed by atoms with Gasteiger partial charge in [-0.2, -0.15) is 0 Å². The molecule has 1 N–H and O–H groups in total. The average molecular weight is 227 g/mol. The molecular weight excluding hydrogens is 210 g/mol. The van der Waals surface area contributed by atoms with Gasteiger partial charge >= 0.3 is 5.97 Å². The van der Waals surface area contributed by atoms with Crippen LogP contribution in [-0.4, -0.2) is 28.7 Å². The van der Waals surface area contributed by atoms with Crippen LogP contribution in [-0.2, 0) is 14.4 Å². The van der Waals surface area contributed by atoms with Gasteiger partial charge in [-0.1, -0.05) is 18.0 Å². The van der Waals surface area contributed by atoms with Crippen molar-refractivity contribution in [3.8, 4) is 0 Å². The highest BCUT2D eigenvalue weighted by molar-refractivity contribution is 6.63. The molecule has 16 heavy (non-hydrogen) atoms. The van der Waals surface area contributed by atoms with Gasteiger partial charge in [-0.05, 0) is 25.7 Å². The largest absolute Gasteiger partial charge is 0.476 e. The van der Waals surface area contributed by atoms with E-state index in [9.17, 15) is 9.59 Å². The molecule has 5 nitrogen and oxygen atoms in total. The van der Waals surface area contributed by atoms with Gasteiger partial charge in [0, 0.05) is 6.92 Å². The molecule has 0 aliphatic heterocycles. The highest BCUT2D eigenvalue weighted by Crippen LogP contribution is 2.19. The lowest BCUT2D eigenvalue weighted by atomic mass is 10.2. The molecule has 0 aromatic rings. The van der Waals surface area contributed by atoms with E-state index in [0.717, 1.165) is 25.7 Å². The fourth-order valence-corrected chi connectivity index (χ4v) is 1.73. The third kappa shape index (κ3) is 4.00. The van der Waals surface area contributed by atoms with Gasteiger partial charge in [-0.25, -0.2) is 4.79 Å². The van der Waals surface area contributed by atoms with E-state index in [1.807, 2.05) is 0 Å². The lowest BCUT2D eigenvalue weighted by Gasteiger charge is -2.11. The summed E-state index contributed by atoms with van der Waals surface area (Å²) in [4.78, 5) is 26.7. The highest BCUT2D eigenvalue weighted by atomic mass is 16.6. The maximum Gasteiger partial charge on any atom is 0.361 e.